The summed E-state index contributed by atoms with van der Waals surface area (Å²) < 4.78 is 17.8. The van der Waals surface area contributed by atoms with Gasteiger partial charge >= 0.3 is 5.97 Å². The smallest absolute Gasteiger partial charge is 0.331 e. The van der Waals surface area contributed by atoms with Crippen molar-refractivity contribution in [1.29, 1.82) is 0 Å². The molecule has 1 aromatic carbocycles. The van der Waals surface area contributed by atoms with Crippen LogP contribution in [0.4, 0.5) is 0 Å². The molecule has 2 aliphatic rings. The molecule has 0 spiro atoms. The fourth-order valence-electron chi connectivity index (χ4n) is 3.46. The molecule has 0 atom stereocenters. The monoisotopic (exact) mass is 401 g/mol. The van der Waals surface area contributed by atoms with Crippen LogP contribution < -0.4 is 9.47 Å². The number of fused-ring (bicyclic) bond motifs is 1. The summed E-state index contributed by atoms with van der Waals surface area (Å²) in [6.45, 7) is 3.75. The summed E-state index contributed by atoms with van der Waals surface area (Å²) in [4.78, 5) is 24.5. The fraction of sp³-hybridized carbons (Fsp3) is 0.333. The third-order valence-corrected chi connectivity index (χ3v) is 5.18. The van der Waals surface area contributed by atoms with E-state index in [0.29, 0.717) is 33.7 Å². The number of nitrogens with zero attached hydrogens (tertiary/aromatic N) is 1. The SMILES string of the molecule is Cc1cc(C(=O)COC(=O)/C=C/c2cc(Cl)c3c(c2)OCO3)c(C)n1C1CC1. The number of aromatic nitrogens is 1. The number of hydrogen-bond donors (Lipinski definition) is 0. The van der Waals surface area contributed by atoms with E-state index < -0.39 is 5.97 Å². The molecule has 1 aliphatic carbocycles. The maximum Gasteiger partial charge on any atom is 0.331 e. The molecule has 2 heterocycles. The molecular weight excluding hydrogens is 382 g/mol. The molecule has 0 N–H and O–H groups in total. The molecule has 0 saturated heterocycles. The van der Waals surface area contributed by atoms with Crippen molar-refractivity contribution in [1.82, 2.24) is 4.57 Å². The summed E-state index contributed by atoms with van der Waals surface area (Å²) in [5.74, 6) is 0.225. The van der Waals surface area contributed by atoms with Crippen LogP contribution >= 0.6 is 11.6 Å². The molecule has 0 bridgehead atoms. The zero-order valence-electron chi connectivity index (χ0n) is 15.7. The Morgan fingerprint density at radius 1 is 1.25 bits per heavy atom. The van der Waals surface area contributed by atoms with Crippen molar-refractivity contribution in [3.63, 3.8) is 0 Å². The van der Waals surface area contributed by atoms with Crippen molar-refractivity contribution in [2.75, 3.05) is 13.4 Å². The Bertz CT molecular complexity index is 987. The van der Waals surface area contributed by atoms with E-state index in [4.69, 9.17) is 25.8 Å². The number of carbonyl (C=O) groups is 2. The van der Waals surface area contributed by atoms with Crippen LogP contribution in [0, 0.1) is 13.8 Å². The van der Waals surface area contributed by atoms with Crippen LogP contribution in [0.5, 0.6) is 11.5 Å². The lowest BCUT2D eigenvalue weighted by atomic mass is 10.1. The normalized spacial score (nSPS) is 15.2. The second-order valence-corrected chi connectivity index (χ2v) is 7.39. The number of rotatable bonds is 6. The Labute approximate surface area is 167 Å². The van der Waals surface area contributed by atoms with Crippen molar-refractivity contribution in [3.05, 3.63) is 51.8 Å². The summed E-state index contributed by atoms with van der Waals surface area (Å²) >= 11 is 6.12. The Hall–Kier alpha value is -2.73. The zero-order chi connectivity index (χ0) is 19.8. The number of halogens is 1. The molecule has 1 fully saturated rings. The maximum atomic E-state index is 12.5. The molecular formula is C21H20ClNO5. The Morgan fingerprint density at radius 2 is 2.04 bits per heavy atom. The highest BCUT2D eigenvalue weighted by Crippen LogP contribution is 2.40. The number of Topliss-reactive ketones (excluding diaryl/α,β-unsaturated/α-hetero) is 1. The van der Waals surface area contributed by atoms with E-state index >= 15 is 0 Å². The van der Waals surface area contributed by atoms with Crippen LogP contribution in [-0.4, -0.2) is 29.7 Å². The molecule has 146 valence electrons. The number of benzene rings is 1. The van der Waals surface area contributed by atoms with Gasteiger partial charge in [0.1, 0.15) is 0 Å². The third kappa shape index (κ3) is 3.64. The molecule has 4 rings (SSSR count). The van der Waals surface area contributed by atoms with E-state index in [1.807, 2.05) is 19.9 Å². The molecule has 1 saturated carbocycles. The van der Waals surface area contributed by atoms with Crippen molar-refractivity contribution in [2.24, 2.45) is 0 Å². The van der Waals surface area contributed by atoms with Gasteiger partial charge in [0.2, 0.25) is 12.6 Å². The molecule has 2 aromatic rings. The minimum Gasteiger partial charge on any atom is -0.454 e. The van der Waals surface area contributed by atoms with Gasteiger partial charge in [-0.25, -0.2) is 4.79 Å². The molecule has 0 radical (unpaired) electrons. The Balaban J connectivity index is 1.37. The van der Waals surface area contributed by atoms with E-state index in [1.165, 1.54) is 6.08 Å². The van der Waals surface area contributed by atoms with Gasteiger partial charge in [-0.05, 0) is 56.5 Å². The maximum absolute atomic E-state index is 12.5. The number of esters is 1. The summed E-state index contributed by atoms with van der Waals surface area (Å²) in [6, 6.07) is 5.75. The lowest BCUT2D eigenvalue weighted by Gasteiger charge is -2.07. The van der Waals surface area contributed by atoms with Gasteiger partial charge in [-0.15, -0.1) is 0 Å². The standard InChI is InChI=1S/C21H20ClNO5/c1-12-7-16(13(2)23(12)15-4-5-15)18(24)10-26-20(25)6-3-14-8-17(22)21-19(9-14)27-11-28-21/h3,6-9,15H,4-5,10-11H2,1-2H3/b6-3+. The zero-order valence-corrected chi connectivity index (χ0v) is 16.4. The number of carbonyl (C=O) groups excluding carboxylic acids is 2. The minimum absolute atomic E-state index is 0.119. The third-order valence-electron chi connectivity index (χ3n) is 4.90. The van der Waals surface area contributed by atoms with E-state index in [9.17, 15) is 9.59 Å². The van der Waals surface area contributed by atoms with Gasteiger partial charge in [-0.2, -0.15) is 0 Å². The minimum atomic E-state index is -0.599. The lowest BCUT2D eigenvalue weighted by molar-refractivity contribution is -0.136. The molecule has 7 heteroatoms. The first-order chi connectivity index (χ1) is 13.4. The number of ketones is 1. The Morgan fingerprint density at radius 3 is 2.79 bits per heavy atom. The molecule has 0 unspecified atom stereocenters. The van der Waals surface area contributed by atoms with Crippen molar-refractivity contribution in [2.45, 2.75) is 32.7 Å². The second-order valence-electron chi connectivity index (χ2n) is 6.99. The van der Waals surface area contributed by atoms with E-state index in [1.54, 1.807) is 18.2 Å². The van der Waals surface area contributed by atoms with Crippen LogP contribution in [0.3, 0.4) is 0 Å². The fourth-order valence-corrected chi connectivity index (χ4v) is 3.74. The van der Waals surface area contributed by atoms with Gasteiger partial charge in [-0.3, -0.25) is 4.79 Å². The summed E-state index contributed by atoms with van der Waals surface area (Å²) in [7, 11) is 0. The predicted molar refractivity (Wildman–Crippen MR) is 104 cm³/mol. The van der Waals surface area contributed by atoms with Crippen molar-refractivity contribution >= 4 is 29.4 Å². The van der Waals surface area contributed by atoms with Crippen LogP contribution in [0.2, 0.25) is 5.02 Å². The second kappa shape index (κ2) is 7.36. The quantitative estimate of drug-likeness (QED) is 0.411. The number of aryl methyl sites for hydroxylation is 1. The van der Waals surface area contributed by atoms with Crippen LogP contribution in [-0.2, 0) is 9.53 Å². The number of ether oxygens (including phenoxy) is 3. The molecule has 1 aliphatic heterocycles. The van der Waals surface area contributed by atoms with Gasteiger partial charge in [-0.1, -0.05) is 11.6 Å². The highest BCUT2D eigenvalue weighted by atomic mass is 35.5. The van der Waals surface area contributed by atoms with Crippen molar-refractivity contribution < 1.29 is 23.8 Å². The highest BCUT2D eigenvalue weighted by Gasteiger charge is 2.28. The summed E-state index contributed by atoms with van der Waals surface area (Å²) in [5, 5.41) is 0.407. The number of hydrogen-bond acceptors (Lipinski definition) is 5. The van der Waals surface area contributed by atoms with E-state index in [0.717, 1.165) is 24.2 Å². The first kappa shape index (κ1) is 18.6. The largest absolute Gasteiger partial charge is 0.454 e. The highest BCUT2D eigenvalue weighted by molar-refractivity contribution is 6.32. The van der Waals surface area contributed by atoms with Gasteiger partial charge in [0.05, 0.1) is 5.02 Å². The van der Waals surface area contributed by atoms with E-state index in [-0.39, 0.29) is 19.2 Å². The van der Waals surface area contributed by atoms with Gasteiger partial charge in [0.25, 0.3) is 0 Å². The summed E-state index contributed by atoms with van der Waals surface area (Å²) in [6.07, 6.45) is 5.11. The van der Waals surface area contributed by atoms with Gasteiger partial charge in [0.15, 0.2) is 18.1 Å². The average Bonchev–Trinajstić information content (AvgIpc) is 3.28. The molecule has 1 aromatic heterocycles. The Kier molecular flexibility index (Phi) is 4.89. The first-order valence-corrected chi connectivity index (χ1v) is 9.47. The predicted octanol–water partition coefficient (Wildman–Crippen LogP) is 4.26. The topological polar surface area (TPSA) is 66.8 Å². The lowest BCUT2D eigenvalue weighted by Crippen LogP contribution is -2.13. The molecule has 6 nitrogen and oxygen atoms in total. The van der Waals surface area contributed by atoms with Crippen LogP contribution in [0.15, 0.2) is 24.3 Å². The average molecular weight is 402 g/mol. The van der Waals surface area contributed by atoms with E-state index in [2.05, 4.69) is 4.57 Å². The summed E-state index contributed by atoms with van der Waals surface area (Å²) in [5.41, 5.74) is 3.29. The first-order valence-electron chi connectivity index (χ1n) is 9.09. The van der Waals surface area contributed by atoms with Gasteiger partial charge in [0, 0.05) is 29.1 Å². The molecule has 28 heavy (non-hydrogen) atoms. The van der Waals surface area contributed by atoms with Crippen molar-refractivity contribution in [3.8, 4) is 11.5 Å². The van der Waals surface area contributed by atoms with Crippen LogP contribution in [0.1, 0.15) is 46.2 Å². The molecule has 0 amide bonds. The van der Waals surface area contributed by atoms with Gasteiger partial charge < -0.3 is 18.8 Å². The van der Waals surface area contributed by atoms with Crippen LogP contribution in [0.25, 0.3) is 6.08 Å².